The number of aliphatic carboxylic acids is 1. The Kier molecular flexibility index (Phi) is 5.67. The van der Waals surface area contributed by atoms with Crippen molar-refractivity contribution in [3.63, 3.8) is 0 Å². The average Bonchev–Trinajstić information content (AvgIpc) is 2.83. The summed E-state index contributed by atoms with van der Waals surface area (Å²) in [5, 5.41) is 33.2. The largest absolute Gasteiger partial charge is 0.481 e. The lowest BCUT2D eigenvalue weighted by Crippen LogP contribution is -2.68. The first-order valence-corrected chi connectivity index (χ1v) is 14.2. The van der Waals surface area contributed by atoms with E-state index in [-0.39, 0.29) is 39.7 Å². The molecule has 5 aliphatic rings. The number of carbonyl (C=O) groups excluding carboxylic acids is 1. The van der Waals surface area contributed by atoms with Gasteiger partial charge in [-0.05, 0) is 90.3 Å². The van der Waals surface area contributed by atoms with Gasteiger partial charge in [-0.1, -0.05) is 48.5 Å². The monoisotopic (exact) mass is 504 g/mol. The van der Waals surface area contributed by atoms with Crippen molar-refractivity contribution in [2.75, 3.05) is 6.61 Å². The smallest absolute Gasteiger partial charge is 0.312 e. The number of cyclic esters (lactones) is 1. The van der Waals surface area contributed by atoms with Crippen LogP contribution >= 0.6 is 0 Å². The molecule has 1 saturated heterocycles. The fraction of sp³-hybridized carbons (Fsp3) is 0.933. The summed E-state index contributed by atoms with van der Waals surface area (Å²) in [6.45, 7) is 15.8. The van der Waals surface area contributed by atoms with Gasteiger partial charge in [-0.15, -0.1) is 0 Å². The number of aliphatic hydroxyl groups excluding tert-OH is 2. The van der Waals surface area contributed by atoms with E-state index in [2.05, 4.69) is 48.5 Å². The van der Waals surface area contributed by atoms with Crippen molar-refractivity contribution in [2.24, 2.45) is 56.2 Å². The van der Waals surface area contributed by atoms with Crippen molar-refractivity contribution in [1.82, 2.24) is 0 Å². The molecule has 5 rings (SSSR count). The number of rotatable bonds is 1. The first kappa shape index (κ1) is 26.5. The van der Waals surface area contributed by atoms with Gasteiger partial charge in [-0.25, -0.2) is 0 Å². The summed E-state index contributed by atoms with van der Waals surface area (Å²) in [6, 6.07) is 0. The summed E-state index contributed by atoms with van der Waals surface area (Å²) >= 11 is 0. The molecule has 5 fully saturated rings. The zero-order chi connectivity index (χ0) is 26.7. The molecule has 6 heteroatoms. The zero-order valence-corrected chi connectivity index (χ0v) is 23.4. The van der Waals surface area contributed by atoms with Gasteiger partial charge < -0.3 is 20.1 Å². The Bertz CT molecular complexity index is 957. The van der Waals surface area contributed by atoms with E-state index in [1.54, 1.807) is 0 Å². The zero-order valence-electron chi connectivity index (χ0n) is 23.4. The molecule has 4 saturated carbocycles. The quantitative estimate of drug-likeness (QED) is 0.432. The highest BCUT2D eigenvalue weighted by Gasteiger charge is 2.74. The Morgan fingerprint density at radius 3 is 2.14 bits per heavy atom. The highest BCUT2D eigenvalue weighted by molar-refractivity contribution is 5.81. The van der Waals surface area contributed by atoms with E-state index in [0.29, 0.717) is 31.8 Å². The maximum absolute atomic E-state index is 14.0. The molecule has 6 nitrogen and oxygen atoms in total. The van der Waals surface area contributed by atoms with E-state index >= 15 is 0 Å². The number of carboxylic acids is 1. The van der Waals surface area contributed by atoms with Crippen molar-refractivity contribution in [3.05, 3.63) is 0 Å². The number of esters is 1. The lowest BCUT2D eigenvalue weighted by Gasteiger charge is -2.69. The third-order valence-electron chi connectivity index (χ3n) is 13.3. The lowest BCUT2D eigenvalue weighted by atomic mass is 9.34. The fourth-order valence-corrected chi connectivity index (χ4v) is 10.9. The second kappa shape index (κ2) is 7.71. The standard InChI is InChI=1S/C30H48O6/c1-25(2)12-13-30(24(34)35)17(14-25)22-23(33)36-16-19-27(5)10-9-20(31)26(3,4)18(27)8-11-28(19,6)29(22,7)15-21(30)32/h17-22,31-32H,8-16H2,1-7H3,(H,34,35)/t17-,18-,19+,20-,21+,22-,27-,28+,29+,30+/m0/s1. The molecule has 0 radical (unpaired) electrons. The Morgan fingerprint density at radius 2 is 1.50 bits per heavy atom. The summed E-state index contributed by atoms with van der Waals surface area (Å²) in [5.74, 6) is -1.82. The Morgan fingerprint density at radius 1 is 0.833 bits per heavy atom. The summed E-state index contributed by atoms with van der Waals surface area (Å²) in [5.41, 5.74) is -2.58. The van der Waals surface area contributed by atoms with Crippen molar-refractivity contribution in [1.29, 1.82) is 0 Å². The molecule has 1 aliphatic heterocycles. The first-order chi connectivity index (χ1) is 16.5. The molecule has 204 valence electrons. The molecule has 36 heavy (non-hydrogen) atoms. The van der Waals surface area contributed by atoms with E-state index in [1.807, 2.05) is 0 Å². The average molecular weight is 505 g/mol. The van der Waals surface area contributed by atoms with Crippen LogP contribution in [0.5, 0.6) is 0 Å². The second-order valence-corrected chi connectivity index (χ2v) is 15.5. The van der Waals surface area contributed by atoms with Gasteiger partial charge in [0.05, 0.1) is 30.1 Å². The van der Waals surface area contributed by atoms with Gasteiger partial charge in [-0.3, -0.25) is 9.59 Å². The topological polar surface area (TPSA) is 104 Å². The van der Waals surface area contributed by atoms with Gasteiger partial charge in [0.1, 0.15) is 0 Å². The van der Waals surface area contributed by atoms with Crippen LogP contribution in [-0.4, -0.2) is 46.1 Å². The van der Waals surface area contributed by atoms with E-state index < -0.39 is 34.7 Å². The van der Waals surface area contributed by atoms with Crippen LogP contribution in [0.1, 0.15) is 99.8 Å². The minimum atomic E-state index is -1.30. The van der Waals surface area contributed by atoms with Crippen molar-refractivity contribution < 1.29 is 29.6 Å². The number of carboxylic acid groups (broad SMARTS) is 1. The SMILES string of the molecule is CC1(C)CC[C@]2(C(=O)O)[C@H](O)C[C@]3(C)[C@H](C(=O)OC[C@@H]4[C@@]5(C)CC[C@H](O)C(C)(C)[C@@H]5CC[C@]43C)[C@@H]2C1. The highest BCUT2D eigenvalue weighted by atomic mass is 16.5. The van der Waals surface area contributed by atoms with Gasteiger partial charge in [0.2, 0.25) is 0 Å². The fourth-order valence-electron chi connectivity index (χ4n) is 10.9. The van der Waals surface area contributed by atoms with E-state index in [0.717, 1.165) is 32.1 Å². The van der Waals surface area contributed by atoms with Crippen LogP contribution in [0.2, 0.25) is 0 Å². The van der Waals surface area contributed by atoms with Crippen LogP contribution in [0.3, 0.4) is 0 Å². The van der Waals surface area contributed by atoms with Crippen molar-refractivity contribution in [3.8, 4) is 0 Å². The van der Waals surface area contributed by atoms with Gasteiger partial charge in [0.25, 0.3) is 0 Å². The van der Waals surface area contributed by atoms with Crippen LogP contribution in [0.15, 0.2) is 0 Å². The molecule has 1 heterocycles. The number of ether oxygens (including phenoxy) is 1. The van der Waals surface area contributed by atoms with Crippen LogP contribution in [-0.2, 0) is 14.3 Å². The predicted molar refractivity (Wildman–Crippen MR) is 136 cm³/mol. The number of aliphatic hydroxyl groups is 2. The Labute approximate surface area is 216 Å². The maximum atomic E-state index is 14.0. The van der Waals surface area contributed by atoms with Gasteiger partial charge in [-0.2, -0.15) is 0 Å². The molecule has 0 amide bonds. The molecular weight excluding hydrogens is 456 g/mol. The third-order valence-corrected chi connectivity index (χ3v) is 13.3. The molecule has 0 aromatic carbocycles. The molecule has 10 atom stereocenters. The van der Waals surface area contributed by atoms with Crippen LogP contribution in [0.4, 0.5) is 0 Å². The minimum Gasteiger partial charge on any atom is -0.481 e. The molecule has 0 aromatic rings. The van der Waals surface area contributed by atoms with Crippen LogP contribution < -0.4 is 0 Å². The third kappa shape index (κ3) is 3.09. The number of carbonyl (C=O) groups is 2. The summed E-state index contributed by atoms with van der Waals surface area (Å²) in [7, 11) is 0. The number of fused-ring (bicyclic) bond motifs is 7. The first-order valence-electron chi connectivity index (χ1n) is 14.2. The molecule has 4 aliphatic carbocycles. The molecular formula is C30H48O6. The molecule has 0 bridgehead atoms. The van der Waals surface area contributed by atoms with Gasteiger partial charge >= 0.3 is 11.9 Å². The molecule has 3 N–H and O–H groups in total. The van der Waals surface area contributed by atoms with E-state index in [1.165, 1.54) is 0 Å². The summed E-state index contributed by atoms with van der Waals surface area (Å²) in [4.78, 5) is 26.9. The van der Waals surface area contributed by atoms with Crippen LogP contribution in [0.25, 0.3) is 0 Å². The van der Waals surface area contributed by atoms with Gasteiger partial charge in [0, 0.05) is 5.92 Å². The molecule has 0 aromatic heterocycles. The lowest BCUT2D eigenvalue weighted by molar-refractivity contribution is -0.242. The van der Waals surface area contributed by atoms with Gasteiger partial charge in [0.15, 0.2) is 0 Å². The molecule has 0 spiro atoms. The Hall–Kier alpha value is -1.14. The summed E-state index contributed by atoms with van der Waals surface area (Å²) < 4.78 is 6.18. The van der Waals surface area contributed by atoms with E-state index in [9.17, 15) is 24.9 Å². The maximum Gasteiger partial charge on any atom is 0.312 e. The normalized spacial score (nSPS) is 53.5. The highest BCUT2D eigenvalue weighted by Crippen LogP contribution is 2.74. The number of hydrogen-bond acceptors (Lipinski definition) is 5. The van der Waals surface area contributed by atoms with Crippen molar-refractivity contribution >= 4 is 11.9 Å². The van der Waals surface area contributed by atoms with E-state index in [4.69, 9.17) is 4.74 Å². The predicted octanol–water partition coefficient (Wildman–Crippen LogP) is 5.05. The molecule has 0 unspecified atom stereocenters. The Balaban J connectivity index is 1.65. The number of hydrogen-bond donors (Lipinski definition) is 3. The van der Waals surface area contributed by atoms with Crippen molar-refractivity contribution in [2.45, 2.75) is 112 Å². The second-order valence-electron chi connectivity index (χ2n) is 15.5. The van der Waals surface area contributed by atoms with Crippen LogP contribution in [0, 0.1) is 56.2 Å². The summed E-state index contributed by atoms with van der Waals surface area (Å²) in [6.07, 6.45) is 4.18. The minimum absolute atomic E-state index is 0.0932.